The van der Waals surface area contributed by atoms with Crippen molar-refractivity contribution in [1.82, 2.24) is 10.3 Å². The Morgan fingerprint density at radius 3 is 2.64 bits per heavy atom. The van der Waals surface area contributed by atoms with Gasteiger partial charge in [-0.25, -0.2) is 0 Å². The number of amides is 1. The lowest BCUT2D eigenvalue weighted by molar-refractivity contribution is -0.121. The van der Waals surface area contributed by atoms with Crippen LogP contribution in [0.25, 0.3) is 0 Å². The summed E-state index contributed by atoms with van der Waals surface area (Å²) >= 11 is 0. The number of pyridine rings is 1. The summed E-state index contributed by atoms with van der Waals surface area (Å²) in [5.74, 6) is 0.108. The fraction of sp³-hybridized carbons (Fsp3) is 0.455. The Bertz CT molecular complexity index is 283. The van der Waals surface area contributed by atoms with Crippen LogP contribution < -0.4 is 5.32 Å². The monoisotopic (exact) mass is 192 g/mol. The Labute approximate surface area is 84.6 Å². The Morgan fingerprint density at radius 2 is 2.07 bits per heavy atom. The fourth-order valence-corrected chi connectivity index (χ4v) is 1.20. The van der Waals surface area contributed by atoms with Gasteiger partial charge >= 0.3 is 0 Å². The highest BCUT2D eigenvalue weighted by molar-refractivity contribution is 5.76. The Morgan fingerprint density at radius 1 is 1.43 bits per heavy atom. The van der Waals surface area contributed by atoms with Crippen LogP contribution in [0.1, 0.15) is 25.8 Å². The van der Waals surface area contributed by atoms with Crippen LogP contribution in [0.3, 0.4) is 0 Å². The lowest BCUT2D eigenvalue weighted by Crippen LogP contribution is -2.30. The molecule has 0 aliphatic carbocycles. The summed E-state index contributed by atoms with van der Waals surface area (Å²) in [6.45, 7) is 3.93. The van der Waals surface area contributed by atoms with Gasteiger partial charge in [-0.15, -0.1) is 0 Å². The molecule has 0 fully saturated rings. The van der Waals surface area contributed by atoms with Gasteiger partial charge in [0.1, 0.15) is 0 Å². The predicted molar refractivity (Wildman–Crippen MR) is 55.8 cm³/mol. The Kier molecular flexibility index (Phi) is 4.11. The van der Waals surface area contributed by atoms with E-state index in [1.165, 1.54) is 0 Å². The summed E-state index contributed by atoms with van der Waals surface area (Å²) < 4.78 is 0. The van der Waals surface area contributed by atoms with Crippen molar-refractivity contribution in [2.45, 2.75) is 32.7 Å². The van der Waals surface area contributed by atoms with E-state index in [4.69, 9.17) is 0 Å². The molecule has 0 spiro atoms. The third kappa shape index (κ3) is 4.03. The van der Waals surface area contributed by atoms with Gasteiger partial charge in [-0.05, 0) is 38.0 Å². The van der Waals surface area contributed by atoms with E-state index in [9.17, 15) is 4.79 Å². The van der Waals surface area contributed by atoms with E-state index in [2.05, 4.69) is 10.3 Å². The first-order chi connectivity index (χ1) is 6.68. The Balaban J connectivity index is 2.31. The predicted octanol–water partition coefficient (Wildman–Crippen LogP) is 1.54. The zero-order valence-corrected chi connectivity index (χ0v) is 8.66. The smallest absolute Gasteiger partial charge is 0.220 e. The molecule has 1 amide bonds. The van der Waals surface area contributed by atoms with Crippen LogP contribution in [-0.4, -0.2) is 16.9 Å². The van der Waals surface area contributed by atoms with E-state index < -0.39 is 0 Å². The van der Waals surface area contributed by atoms with Gasteiger partial charge in [0.15, 0.2) is 0 Å². The molecular formula is C11H16N2O. The third-order valence-corrected chi connectivity index (χ3v) is 1.84. The molecule has 3 heteroatoms. The highest BCUT2D eigenvalue weighted by Gasteiger charge is 2.02. The first-order valence-electron chi connectivity index (χ1n) is 4.87. The molecule has 0 atom stereocenters. The number of hydrogen-bond acceptors (Lipinski definition) is 2. The highest BCUT2D eigenvalue weighted by Crippen LogP contribution is 2.00. The molecule has 0 aromatic carbocycles. The summed E-state index contributed by atoms with van der Waals surface area (Å²) in [6.07, 6.45) is 4.81. The number of rotatable bonds is 4. The molecule has 76 valence electrons. The van der Waals surface area contributed by atoms with Crippen molar-refractivity contribution in [3.8, 4) is 0 Å². The van der Waals surface area contributed by atoms with E-state index in [0.717, 1.165) is 12.0 Å². The van der Waals surface area contributed by atoms with Crippen LogP contribution in [0.4, 0.5) is 0 Å². The van der Waals surface area contributed by atoms with Crippen molar-refractivity contribution in [2.75, 3.05) is 0 Å². The number of nitrogens with one attached hydrogen (secondary N) is 1. The van der Waals surface area contributed by atoms with Crippen LogP contribution in [0.5, 0.6) is 0 Å². The van der Waals surface area contributed by atoms with Gasteiger partial charge in [0.2, 0.25) is 5.91 Å². The normalized spacial score (nSPS) is 10.2. The molecular weight excluding hydrogens is 176 g/mol. The Hall–Kier alpha value is -1.38. The second-order valence-corrected chi connectivity index (χ2v) is 3.58. The molecule has 0 aliphatic heterocycles. The van der Waals surface area contributed by atoms with Crippen LogP contribution >= 0.6 is 0 Å². The summed E-state index contributed by atoms with van der Waals surface area (Å²) in [7, 11) is 0. The maximum Gasteiger partial charge on any atom is 0.220 e. The minimum absolute atomic E-state index is 0.108. The van der Waals surface area contributed by atoms with Gasteiger partial charge in [0, 0.05) is 24.9 Å². The van der Waals surface area contributed by atoms with Gasteiger partial charge in [0.05, 0.1) is 0 Å². The molecule has 1 aromatic heterocycles. The first kappa shape index (κ1) is 10.7. The SMILES string of the molecule is CC(C)NC(=O)CCc1ccncc1. The zero-order chi connectivity index (χ0) is 10.4. The summed E-state index contributed by atoms with van der Waals surface area (Å²) in [5, 5.41) is 2.86. The van der Waals surface area contributed by atoms with E-state index in [1.807, 2.05) is 26.0 Å². The molecule has 3 nitrogen and oxygen atoms in total. The maximum absolute atomic E-state index is 11.3. The number of carbonyl (C=O) groups is 1. The number of aryl methyl sites for hydroxylation is 1. The average molecular weight is 192 g/mol. The van der Waals surface area contributed by atoms with Crippen molar-refractivity contribution in [3.05, 3.63) is 30.1 Å². The molecule has 1 rings (SSSR count). The summed E-state index contributed by atoms with van der Waals surface area (Å²) in [4.78, 5) is 15.2. The highest BCUT2D eigenvalue weighted by atomic mass is 16.1. The van der Waals surface area contributed by atoms with Crippen molar-refractivity contribution >= 4 is 5.91 Å². The molecule has 1 aromatic rings. The minimum Gasteiger partial charge on any atom is -0.354 e. The molecule has 1 N–H and O–H groups in total. The summed E-state index contributed by atoms with van der Waals surface area (Å²) in [6, 6.07) is 4.09. The number of carbonyl (C=O) groups excluding carboxylic acids is 1. The second-order valence-electron chi connectivity index (χ2n) is 3.58. The first-order valence-corrected chi connectivity index (χ1v) is 4.87. The second kappa shape index (κ2) is 5.37. The molecule has 1 heterocycles. The standard InChI is InChI=1S/C11H16N2O/c1-9(2)13-11(14)4-3-10-5-7-12-8-6-10/h5-9H,3-4H2,1-2H3,(H,13,14). The van der Waals surface area contributed by atoms with Gasteiger partial charge in [-0.3, -0.25) is 9.78 Å². The van der Waals surface area contributed by atoms with E-state index in [1.54, 1.807) is 12.4 Å². The number of aromatic nitrogens is 1. The van der Waals surface area contributed by atoms with Crippen molar-refractivity contribution in [1.29, 1.82) is 0 Å². The van der Waals surface area contributed by atoms with Crippen molar-refractivity contribution in [3.63, 3.8) is 0 Å². The third-order valence-electron chi connectivity index (χ3n) is 1.84. The van der Waals surface area contributed by atoms with Crippen molar-refractivity contribution < 1.29 is 4.79 Å². The van der Waals surface area contributed by atoms with Crippen LogP contribution in [0.15, 0.2) is 24.5 Å². The minimum atomic E-state index is 0.108. The topological polar surface area (TPSA) is 42.0 Å². The van der Waals surface area contributed by atoms with Crippen molar-refractivity contribution in [2.24, 2.45) is 0 Å². The lowest BCUT2D eigenvalue weighted by atomic mass is 10.1. The molecule has 0 radical (unpaired) electrons. The largest absolute Gasteiger partial charge is 0.354 e. The lowest BCUT2D eigenvalue weighted by Gasteiger charge is -2.07. The quantitative estimate of drug-likeness (QED) is 0.786. The molecule has 14 heavy (non-hydrogen) atoms. The molecule has 0 saturated carbocycles. The van der Waals surface area contributed by atoms with E-state index >= 15 is 0 Å². The molecule has 0 aliphatic rings. The summed E-state index contributed by atoms with van der Waals surface area (Å²) in [5.41, 5.74) is 1.15. The fourth-order valence-electron chi connectivity index (χ4n) is 1.20. The van der Waals surface area contributed by atoms with Crippen LogP contribution in [-0.2, 0) is 11.2 Å². The van der Waals surface area contributed by atoms with E-state index in [0.29, 0.717) is 6.42 Å². The zero-order valence-electron chi connectivity index (χ0n) is 8.66. The molecule has 0 unspecified atom stereocenters. The van der Waals surface area contributed by atoms with Gasteiger partial charge in [-0.1, -0.05) is 0 Å². The number of hydrogen-bond donors (Lipinski definition) is 1. The molecule has 0 saturated heterocycles. The van der Waals surface area contributed by atoms with Gasteiger partial charge in [-0.2, -0.15) is 0 Å². The van der Waals surface area contributed by atoms with E-state index in [-0.39, 0.29) is 11.9 Å². The number of nitrogens with zero attached hydrogens (tertiary/aromatic N) is 1. The average Bonchev–Trinajstić information content (AvgIpc) is 2.15. The van der Waals surface area contributed by atoms with Gasteiger partial charge < -0.3 is 5.32 Å². The molecule has 0 bridgehead atoms. The maximum atomic E-state index is 11.3. The van der Waals surface area contributed by atoms with Gasteiger partial charge in [0.25, 0.3) is 0 Å². The van der Waals surface area contributed by atoms with Crippen LogP contribution in [0.2, 0.25) is 0 Å². The van der Waals surface area contributed by atoms with Crippen LogP contribution in [0, 0.1) is 0 Å².